The van der Waals surface area contributed by atoms with Gasteiger partial charge in [0, 0.05) is 13.7 Å². The Labute approximate surface area is 91.5 Å². The fourth-order valence-corrected chi connectivity index (χ4v) is 1.76. The molecule has 15 heavy (non-hydrogen) atoms. The first-order chi connectivity index (χ1) is 6.94. The zero-order chi connectivity index (χ0) is 11.5. The molecule has 0 spiro atoms. The van der Waals surface area contributed by atoms with Gasteiger partial charge in [0.05, 0.1) is 12.6 Å². The lowest BCUT2D eigenvalue weighted by molar-refractivity contribution is 0.0148. The second-order valence-corrected chi connectivity index (χ2v) is 4.93. The van der Waals surface area contributed by atoms with Crippen molar-refractivity contribution in [1.29, 1.82) is 0 Å². The van der Waals surface area contributed by atoms with E-state index in [2.05, 4.69) is 0 Å². The molecular formula is C11H21NO3. The van der Waals surface area contributed by atoms with Crippen molar-refractivity contribution in [3.63, 3.8) is 0 Å². The van der Waals surface area contributed by atoms with Gasteiger partial charge < -0.3 is 14.4 Å². The average Bonchev–Trinajstić information content (AvgIpc) is 2.49. The number of rotatable bonds is 2. The van der Waals surface area contributed by atoms with Crippen molar-refractivity contribution in [2.24, 2.45) is 0 Å². The van der Waals surface area contributed by atoms with Gasteiger partial charge in [-0.05, 0) is 33.6 Å². The zero-order valence-electron chi connectivity index (χ0n) is 10.1. The summed E-state index contributed by atoms with van der Waals surface area (Å²) in [7, 11) is 1.66. The minimum absolute atomic E-state index is 0.185. The van der Waals surface area contributed by atoms with Crippen molar-refractivity contribution in [1.82, 2.24) is 4.90 Å². The Morgan fingerprint density at radius 1 is 1.47 bits per heavy atom. The molecule has 4 nitrogen and oxygen atoms in total. The maximum absolute atomic E-state index is 11.8. The van der Waals surface area contributed by atoms with Crippen LogP contribution in [-0.2, 0) is 9.47 Å². The van der Waals surface area contributed by atoms with E-state index in [1.807, 2.05) is 20.8 Å². The highest BCUT2D eigenvalue weighted by molar-refractivity contribution is 5.68. The number of nitrogens with zero attached hydrogens (tertiary/aromatic N) is 1. The minimum atomic E-state index is -0.419. The van der Waals surface area contributed by atoms with Gasteiger partial charge in [0.25, 0.3) is 0 Å². The number of hydrogen-bond donors (Lipinski definition) is 0. The summed E-state index contributed by atoms with van der Waals surface area (Å²) in [5.41, 5.74) is -0.419. The third-order valence-corrected chi connectivity index (χ3v) is 2.36. The van der Waals surface area contributed by atoms with Crippen molar-refractivity contribution in [2.45, 2.75) is 45.3 Å². The van der Waals surface area contributed by atoms with Crippen LogP contribution in [0.15, 0.2) is 0 Å². The molecule has 1 saturated heterocycles. The third-order valence-electron chi connectivity index (χ3n) is 2.36. The number of likely N-dealkylation sites (tertiary alicyclic amines) is 1. The predicted molar refractivity (Wildman–Crippen MR) is 57.8 cm³/mol. The summed E-state index contributed by atoms with van der Waals surface area (Å²) in [5.74, 6) is 0. The zero-order valence-corrected chi connectivity index (χ0v) is 10.1. The maximum Gasteiger partial charge on any atom is 0.410 e. The van der Waals surface area contributed by atoms with Gasteiger partial charge in [0.2, 0.25) is 0 Å². The van der Waals surface area contributed by atoms with Gasteiger partial charge in [-0.1, -0.05) is 0 Å². The third kappa shape index (κ3) is 3.70. The van der Waals surface area contributed by atoms with E-state index in [-0.39, 0.29) is 12.1 Å². The second kappa shape index (κ2) is 4.84. The molecule has 88 valence electrons. The molecule has 1 rings (SSSR count). The van der Waals surface area contributed by atoms with Crippen molar-refractivity contribution < 1.29 is 14.3 Å². The summed E-state index contributed by atoms with van der Waals surface area (Å²) >= 11 is 0. The smallest absolute Gasteiger partial charge is 0.410 e. The Balaban J connectivity index is 2.51. The van der Waals surface area contributed by atoms with Gasteiger partial charge in [-0.25, -0.2) is 4.79 Å². The van der Waals surface area contributed by atoms with Crippen LogP contribution < -0.4 is 0 Å². The molecule has 0 aromatic carbocycles. The molecule has 1 heterocycles. The van der Waals surface area contributed by atoms with Gasteiger partial charge in [0.1, 0.15) is 5.60 Å². The van der Waals surface area contributed by atoms with E-state index in [0.29, 0.717) is 6.61 Å². The molecule has 0 radical (unpaired) electrons. The molecule has 1 aliphatic rings. The lowest BCUT2D eigenvalue weighted by Gasteiger charge is -2.28. The van der Waals surface area contributed by atoms with Crippen molar-refractivity contribution in [3.8, 4) is 0 Å². The number of hydrogen-bond acceptors (Lipinski definition) is 3. The van der Waals surface area contributed by atoms with Gasteiger partial charge >= 0.3 is 6.09 Å². The van der Waals surface area contributed by atoms with E-state index in [1.165, 1.54) is 0 Å². The summed E-state index contributed by atoms with van der Waals surface area (Å²) in [4.78, 5) is 13.6. The number of carbonyl (C=O) groups excluding carboxylic acids is 1. The molecule has 0 unspecified atom stereocenters. The molecule has 1 aliphatic heterocycles. The highest BCUT2D eigenvalue weighted by Crippen LogP contribution is 2.20. The van der Waals surface area contributed by atoms with Crippen LogP contribution >= 0.6 is 0 Å². The highest BCUT2D eigenvalue weighted by Gasteiger charge is 2.31. The van der Waals surface area contributed by atoms with E-state index in [1.54, 1.807) is 12.0 Å². The fourth-order valence-electron chi connectivity index (χ4n) is 1.76. The molecule has 1 amide bonds. The minimum Gasteiger partial charge on any atom is -0.444 e. The maximum atomic E-state index is 11.8. The molecule has 4 heteroatoms. The van der Waals surface area contributed by atoms with Crippen LogP contribution in [0.2, 0.25) is 0 Å². The normalized spacial score (nSPS) is 21.9. The van der Waals surface area contributed by atoms with E-state index in [4.69, 9.17) is 9.47 Å². The van der Waals surface area contributed by atoms with Crippen LogP contribution in [0.4, 0.5) is 4.79 Å². The Morgan fingerprint density at radius 2 is 2.13 bits per heavy atom. The Bertz CT molecular complexity index is 222. The van der Waals surface area contributed by atoms with E-state index < -0.39 is 5.60 Å². The van der Waals surface area contributed by atoms with Crippen molar-refractivity contribution >= 4 is 6.09 Å². The molecule has 0 bridgehead atoms. The Hall–Kier alpha value is -0.770. The quantitative estimate of drug-likeness (QED) is 0.707. The molecule has 0 N–H and O–H groups in total. The summed E-state index contributed by atoms with van der Waals surface area (Å²) in [6.45, 7) is 7.02. The van der Waals surface area contributed by atoms with E-state index in [9.17, 15) is 4.79 Å². The average molecular weight is 215 g/mol. The molecule has 0 aromatic rings. The second-order valence-electron chi connectivity index (χ2n) is 4.93. The predicted octanol–water partition coefficient (Wildman–Crippen LogP) is 2.03. The summed E-state index contributed by atoms with van der Waals surface area (Å²) < 4.78 is 10.4. The Morgan fingerprint density at radius 3 is 2.67 bits per heavy atom. The lowest BCUT2D eigenvalue weighted by Crippen LogP contribution is -2.41. The van der Waals surface area contributed by atoms with Crippen molar-refractivity contribution in [2.75, 3.05) is 20.3 Å². The lowest BCUT2D eigenvalue weighted by atomic mass is 10.2. The summed E-state index contributed by atoms with van der Waals surface area (Å²) in [6, 6.07) is 0.185. The van der Waals surface area contributed by atoms with Crippen LogP contribution in [0.3, 0.4) is 0 Å². The largest absolute Gasteiger partial charge is 0.444 e. The Kier molecular flexibility index (Phi) is 3.97. The van der Waals surface area contributed by atoms with Crippen molar-refractivity contribution in [3.05, 3.63) is 0 Å². The number of ether oxygens (including phenoxy) is 2. The molecule has 0 aliphatic carbocycles. The first-order valence-corrected chi connectivity index (χ1v) is 5.42. The molecule has 0 aromatic heterocycles. The number of amides is 1. The van der Waals surface area contributed by atoms with Crippen LogP contribution in [0.25, 0.3) is 0 Å². The van der Waals surface area contributed by atoms with E-state index >= 15 is 0 Å². The van der Waals surface area contributed by atoms with E-state index in [0.717, 1.165) is 19.4 Å². The molecular weight excluding hydrogens is 194 g/mol. The number of methoxy groups -OCH3 is 1. The molecule has 0 saturated carbocycles. The summed E-state index contributed by atoms with van der Waals surface area (Å²) in [6.07, 6.45) is 1.82. The number of carbonyl (C=O) groups is 1. The van der Waals surface area contributed by atoms with Gasteiger partial charge in [-0.3, -0.25) is 0 Å². The van der Waals surface area contributed by atoms with Crippen LogP contribution in [0.1, 0.15) is 33.6 Å². The monoisotopic (exact) mass is 215 g/mol. The molecule has 1 atom stereocenters. The first kappa shape index (κ1) is 12.3. The SMILES string of the molecule is COC[C@H]1CCCN1C(=O)OC(C)(C)C. The fraction of sp³-hybridized carbons (Fsp3) is 0.909. The summed E-state index contributed by atoms with van der Waals surface area (Å²) in [5, 5.41) is 0. The van der Waals surface area contributed by atoms with Crippen LogP contribution in [0.5, 0.6) is 0 Å². The highest BCUT2D eigenvalue weighted by atomic mass is 16.6. The standard InChI is InChI=1S/C11H21NO3/c1-11(2,3)15-10(13)12-7-5-6-9(12)8-14-4/h9H,5-8H2,1-4H3/t9-/m1/s1. The van der Waals surface area contributed by atoms with Crippen LogP contribution in [-0.4, -0.2) is 42.9 Å². The van der Waals surface area contributed by atoms with Gasteiger partial charge in [-0.15, -0.1) is 0 Å². The van der Waals surface area contributed by atoms with Gasteiger partial charge in [0.15, 0.2) is 0 Å². The van der Waals surface area contributed by atoms with Crippen LogP contribution in [0, 0.1) is 0 Å². The van der Waals surface area contributed by atoms with Gasteiger partial charge in [-0.2, -0.15) is 0 Å². The molecule has 1 fully saturated rings. The topological polar surface area (TPSA) is 38.8 Å². The first-order valence-electron chi connectivity index (χ1n) is 5.42.